The van der Waals surface area contributed by atoms with Crippen LogP contribution in [0.25, 0.3) is 0 Å². The molecular weight excluding hydrogens is 473 g/mol. The Morgan fingerprint density at radius 2 is 1.95 bits per heavy atom. The number of rotatable bonds is 5. The van der Waals surface area contributed by atoms with Crippen LogP contribution in [0.1, 0.15) is 40.0 Å². The Kier molecular flexibility index (Phi) is 9.11. The zero-order valence-electron chi connectivity index (χ0n) is 23.0. The number of likely N-dealkylation sites (N-methyl/N-ethyl adjacent to an activating group) is 1. The first-order chi connectivity index (χ1) is 18.3. The Morgan fingerprint density at radius 3 is 2.71 bits per heavy atom. The van der Waals surface area contributed by atoms with E-state index < -0.39 is 5.82 Å². The topological polar surface area (TPSA) is 57.8 Å². The van der Waals surface area contributed by atoms with Crippen molar-refractivity contribution in [3.05, 3.63) is 112 Å². The first kappa shape index (κ1) is 27.3. The molecule has 1 aromatic heterocycles. The second-order valence-corrected chi connectivity index (χ2v) is 10.2. The van der Waals surface area contributed by atoms with E-state index in [-0.39, 0.29) is 11.7 Å². The van der Waals surface area contributed by atoms with Gasteiger partial charge in [-0.1, -0.05) is 18.2 Å². The molecule has 2 aliphatic carbocycles. The van der Waals surface area contributed by atoms with E-state index >= 15 is 0 Å². The van der Waals surface area contributed by atoms with E-state index in [0.29, 0.717) is 0 Å². The van der Waals surface area contributed by atoms with Gasteiger partial charge in [-0.3, -0.25) is 0 Å². The molecule has 38 heavy (non-hydrogen) atoms. The first-order valence-electron chi connectivity index (χ1n) is 13.3. The molecule has 1 saturated heterocycles. The summed E-state index contributed by atoms with van der Waals surface area (Å²) in [5.74, 6) is -0.290. The van der Waals surface area contributed by atoms with Crippen LogP contribution in [0.4, 0.5) is 10.2 Å². The normalized spacial score (nSPS) is 20.2. The molecule has 6 heteroatoms. The number of allylic oxidation sites excluding steroid dienone is 11. The van der Waals surface area contributed by atoms with Crippen LogP contribution < -0.4 is 5.73 Å². The largest absolute Gasteiger partial charge is 0.384 e. The predicted octanol–water partition coefficient (Wildman–Crippen LogP) is 6.31. The summed E-state index contributed by atoms with van der Waals surface area (Å²) in [7, 11) is 2.19. The summed E-state index contributed by atoms with van der Waals surface area (Å²) in [6.45, 7) is 10.7. The van der Waals surface area contributed by atoms with Gasteiger partial charge in [-0.25, -0.2) is 14.4 Å². The third kappa shape index (κ3) is 7.18. The third-order valence-electron chi connectivity index (χ3n) is 7.15. The van der Waals surface area contributed by atoms with Crippen molar-refractivity contribution in [2.24, 2.45) is 10.7 Å². The Morgan fingerprint density at radius 1 is 1.16 bits per heavy atom. The number of fused-ring (bicyclic) bond motifs is 1. The maximum absolute atomic E-state index is 13.9. The standard InChI is InChI=1S/C32H38FN5/c1-23(21-31(34)36-32-29(33)12-7-15-35-32)20-25(3)27-10-6-9-26-13-14-30(38-18-16-37(4)17-19-38)24(2)8-5-11-28(26)22-27/h6-7,10-15,20-21H,5,8,16-19,22H2,1-4H3,(H2,34,35,36)/b14-13?,23-21-,25-20+,28-11?,30-24?. The molecular formula is C32H38FN5. The zero-order valence-corrected chi connectivity index (χ0v) is 23.0. The highest BCUT2D eigenvalue weighted by molar-refractivity contribution is 5.94. The number of aliphatic imine (C=N–C) groups is 1. The van der Waals surface area contributed by atoms with Gasteiger partial charge >= 0.3 is 0 Å². The van der Waals surface area contributed by atoms with E-state index in [0.717, 1.165) is 62.2 Å². The predicted molar refractivity (Wildman–Crippen MR) is 156 cm³/mol. The monoisotopic (exact) mass is 511 g/mol. The minimum atomic E-state index is -0.495. The molecule has 5 nitrogen and oxygen atoms in total. The lowest BCUT2D eigenvalue weighted by Gasteiger charge is -2.35. The second kappa shape index (κ2) is 12.7. The quantitative estimate of drug-likeness (QED) is 0.218. The lowest BCUT2D eigenvalue weighted by Crippen LogP contribution is -2.43. The number of hydrogen-bond acceptors (Lipinski definition) is 4. The molecule has 0 bridgehead atoms. The number of halogens is 1. The molecule has 1 fully saturated rings. The average molecular weight is 512 g/mol. The zero-order chi connectivity index (χ0) is 27.1. The Bertz CT molecular complexity index is 1340. The summed E-state index contributed by atoms with van der Waals surface area (Å²) in [5.41, 5.74) is 18.1. The highest BCUT2D eigenvalue weighted by Gasteiger charge is 2.18. The summed E-state index contributed by atoms with van der Waals surface area (Å²) in [6, 6.07) is 2.85. The molecule has 1 aromatic rings. The van der Waals surface area contributed by atoms with Crippen molar-refractivity contribution in [2.45, 2.75) is 40.0 Å². The molecule has 0 amide bonds. The molecule has 198 valence electrons. The van der Waals surface area contributed by atoms with Gasteiger partial charge in [0, 0.05) is 43.6 Å². The van der Waals surface area contributed by atoms with Crippen LogP contribution in [0.5, 0.6) is 0 Å². The minimum absolute atomic E-state index is 0.00864. The average Bonchev–Trinajstić information content (AvgIpc) is 3.04. The van der Waals surface area contributed by atoms with E-state index in [1.54, 1.807) is 6.08 Å². The van der Waals surface area contributed by atoms with Gasteiger partial charge in [-0.15, -0.1) is 5.73 Å². The molecule has 1 aliphatic heterocycles. The molecule has 0 unspecified atom stereocenters. The van der Waals surface area contributed by atoms with Gasteiger partial charge in [0.15, 0.2) is 11.6 Å². The van der Waals surface area contributed by atoms with E-state index in [1.807, 2.05) is 13.0 Å². The summed E-state index contributed by atoms with van der Waals surface area (Å²) in [4.78, 5) is 13.0. The molecule has 0 radical (unpaired) electrons. The van der Waals surface area contributed by atoms with Crippen LogP contribution in [0.3, 0.4) is 0 Å². The lowest BCUT2D eigenvalue weighted by molar-refractivity contribution is 0.189. The SMILES string of the molecule is CC1=C(N2CCN(C)CC2)C=CC2=C=CC=C(/C(C)=C/C(C)=C\C(N)=Nc3ncccc3F)CC2=CCC1. The summed E-state index contributed by atoms with van der Waals surface area (Å²) in [5, 5.41) is 0. The Hall–Kier alpha value is -3.73. The lowest BCUT2D eigenvalue weighted by atomic mass is 9.93. The molecule has 4 rings (SSSR count). The minimum Gasteiger partial charge on any atom is -0.384 e. The number of nitrogens with two attached hydrogens (primary N) is 1. The van der Waals surface area contributed by atoms with Gasteiger partial charge in [0.2, 0.25) is 0 Å². The van der Waals surface area contributed by atoms with Crippen LogP contribution in [0.15, 0.2) is 111 Å². The van der Waals surface area contributed by atoms with Crippen molar-refractivity contribution in [2.75, 3.05) is 33.2 Å². The fraction of sp³-hybridized carbons (Fsp3) is 0.344. The van der Waals surface area contributed by atoms with E-state index in [1.165, 1.54) is 40.7 Å². The maximum atomic E-state index is 13.9. The molecule has 2 N–H and O–H groups in total. The van der Waals surface area contributed by atoms with E-state index in [4.69, 9.17) is 5.73 Å². The second-order valence-electron chi connectivity index (χ2n) is 10.2. The third-order valence-corrected chi connectivity index (χ3v) is 7.15. The fourth-order valence-corrected chi connectivity index (χ4v) is 4.93. The van der Waals surface area contributed by atoms with Crippen molar-refractivity contribution in [3.8, 4) is 0 Å². The van der Waals surface area contributed by atoms with Gasteiger partial charge in [0.25, 0.3) is 0 Å². The maximum Gasteiger partial charge on any atom is 0.190 e. The van der Waals surface area contributed by atoms with Crippen molar-refractivity contribution in [1.29, 1.82) is 0 Å². The number of aromatic nitrogens is 1. The highest BCUT2D eigenvalue weighted by Crippen LogP contribution is 2.30. The fourth-order valence-electron chi connectivity index (χ4n) is 4.93. The van der Waals surface area contributed by atoms with Crippen molar-refractivity contribution < 1.29 is 4.39 Å². The van der Waals surface area contributed by atoms with E-state index in [9.17, 15) is 4.39 Å². The Balaban J connectivity index is 1.52. The van der Waals surface area contributed by atoms with Crippen LogP contribution in [0.2, 0.25) is 0 Å². The first-order valence-corrected chi connectivity index (χ1v) is 13.3. The van der Waals surface area contributed by atoms with E-state index in [2.05, 4.69) is 76.8 Å². The summed E-state index contributed by atoms with van der Waals surface area (Å²) < 4.78 is 13.9. The molecule has 0 aromatic carbocycles. The van der Waals surface area contributed by atoms with Gasteiger partial charge < -0.3 is 15.5 Å². The highest BCUT2D eigenvalue weighted by atomic mass is 19.1. The molecule has 0 atom stereocenters. The van der Waals surface area contributed by atoms with Crippen molar-refractivity contribution in [1.82, 2.24) is 14.8 Å². The van der Waals surface area contributed by atoms with Crippen molar-refractivity contribution in [3.63, 3.8) is 0 Å². The molecule has 0 saturated carbocycles. The van der Waals surface area contributed by atoms with Gasteiger partial charge in [0.05, 0.1) is 0 Å². The molecule has 2 heterocycles. The van der Waals surface area contributed by atoms with Crippen LogP contribution >= 0.6 is 0 Å². The van der Waals surface area contributed by atoms with Crippen LogP contribution in [-0.2, 0) is 0 Å². The number of pyridine rings is 1. The number of piperazine rings is 1. The van der Waals surface area contributed by atoms with Gasteiger partial charge in [-0.2, -0.15) is 0 Å². The molecule has 0 spiro atoms. The summed E-state index contributed by atoms with van der Waals surface area (Å²) in [6.07, 6.45) is 19.3. The van der Waals surface area contributed by atoms with Gasteiger partial charge in [0.1, 0.15) is 5.84 Å². The number of amidine groups is 1. The number of hydrogen-bond donors (Lipinski definition) is 1. The Labute approximate surface area is 226 Å². The number of nitrogens with zero attached hydrogens (tertiary/aromatic N) is 4. The summed E-state index contributed by atoms with van der Waals surface area (Å²) >= 11 is 0. The van der Waals surface area contributed by atoms with Crippen LogP contribution in [0, 0.1) is 5.82 Å². The van der Waals surface area contributed by atoms with Crippen LogP contribution in [-0.4, -0.2) is 53.8 Å². The van der Waals surface area contributed by atoms with Crippen molar-refractivity contribution >= 4 is 11.7 Å². The smallest absolute Gasteiger partial charge is 0.190 e. The molecule has 3 aliphatic rings. The van der Waals surface area contributed by atoms with Gasteiger partial charge in [-0.05, 0) is 111 Å².